The van der Waals surface area contributed by atoms with Crippen molar-refractivity contribution in [2.75, 3.05) is 18.8 Å². The Kier molecular flexibility index (Phi) is 4.71. The molecule has 0 aromatic carbocycles. The lowest BCUT2D eigenvalue weighted by Crippen LogP contribution is -2.36. The predicted molar refractivity (Wildman–Crippen MR) is 65.2 cm³/mol. The molecule has 0 aromatic heterocycles. The number of carbonyl (C=O) groups is 1. The van der Waals surface area contributed by atoms with Crippen molar-refractivity contribution in [3.05, 3.63) is 0 Å². The van der Waals surface area contributed by atoms with Gasteiger partial charge in [-0.2, -0.15) is 5.26 Å². The summed E-state index contributed by atoms with van der Waals surface area (Å²) in [7, 11) is -3.38. The molecule has 102 valence electrons. The molecule has 0 radical (unpaired) electrons. The molecular weight excluding hydrogens is 256 g/mol. The van der Waals surface area contributed by atoms with Crippen LogP contribution < -0.4 is 0 Å². The Labute approximate surface area is 107 Å². The van der Waals surface area contributed by atoms with Gasteiger partial charge in [-0.25, -0.2) is 12.7 Å². The van der Waals surface area contributed by atoms with E-state index in [1.807, 2.05) is 6.07 Å². The second-order valence-corrected chi connectivity index (χ2v) is 6.97. The average Bonchev–Trinajstić information content (AvgIpc) is 2.70. The van der Waals surface area contributed by atoms with E-state index in [-0.39, 0.29) is 18.8 Å². The molecule has 0 amide bonds. The lowest BCUT2D eigenvalue weighted by molar-refractivity contribution is -0.146. The van der Waals surface area contributed by atoms with Crippen molar-refractivity contribution in [3.8, 4) is 6.07 Å². The summed E-state index contributed by atoms with van der Waals surface area (Å²) in [5, 5.41) is 17.4. The van der Waals surface area contributed by atoms with Gasteiger partial charge in [0.05, 0.1) is 17.2 Å². The van der Waals surface area contributed by atoms with Gasteiger partial charge in [0.1, 0.15) is 0 Å². The van der Waals surface area contributed by atoms with Crippen molar-refractivity contribution in [3.63, 3.8) is 0 Å². The normalized spacial score (nSPS) is 24.9. The van der Waals surface area contributed by atoms with E-state index in [1.165, 1.54) is 4.31 Å². The number of hydrogen-bond donors (Lipinski definition) is 1. The molecule has 1 aliphatic rings. The second kappa shape index (κ2) is 5.67. The highest BCUT2D eigenvalue weighted by Gasteiger charge is 2.44. The molecule has 0 spiro atoms. The molecule has 0 bridgehead atoms. The van der Waals surface area contributed by atoms with Crippen LogP contribution in [0.25, 0.3) is 0 Å². The number of sulfonamides is 1. The zero-order chi connectivity index (χ0) is 13.8. The van der Waals surface area contributed by atoms with Crippen LogP contribution in [0, 0.1) is 16.7 Å². The van der Waals surface area contributed by atoms with Gasteiger partial charge in [-0.3, -0.25) is 4.79 Å². The number of unbranched alkanes of at least 4 members (excludes halogenated alkanes) is 2. The summed E-state index contributed by atoms with van der Waals surface area (Å²) >= 11 is 0. The van der Waals surface area contributed by atoms with E-state index in [4.69, 9.17) is 10.4 Å². The van der Waals surface area contributed by atoms with Gasteiger partial charge in [0.2, 0.25) is 10.0 Å². The van der Waals surface area contributed by atoms with E-state index < -0.39 is 21.4 Å². The van der Waals surface area contributed by atoms with Crippen LogP contribution in [0.2, 0.25) is 0 Å². The highest BCUT2D eigenvalue weighted by molar-refractivity contribution is 7.89. The zero-order valence-corrected chi connectivity index (χ0v) is 11.2. The fourth-order valence-electron chi connectivity index (χ4n) is 1.95. The first-order valence-electron chi connectivity index (χ1n) is 5.90. The maximum Gasteiger partial charge on any atom is 0.310 e. The number of carboxylic acid groups (broad SMARTS) is 1. The Hall–Kier alpha value is -1.13. The van der Waals surface area contributed by atoms with Crippen LogP contribution >= 0.6 is 0 Å². The van der Waals surface area contributed by atoms with Crippen LogP contribution in [0.3, 0.4) is 0 Å². The van der Waals surface area contributed by atoms with Gasteiger partial charge in [0, 0.05) is 19.5 Å². The molecule has 0 aliphatic carbocycles. The van der Waals surface area contributed by atoms with Crippen molar-refractivity contribution in [1.29, 1.82) is 5.26 Å². The molecule has 1 N–H and O–H groups in total. The van der Waals surface area contributed by atoms with Crippen molar-refractivity contribution in [1.82, 2.24) is 4.31 Å². The van der Waals surface area contributed by atoms with Crippen LogP contribution in [0.15, 0.2) is 0 Å². The minimum absolute atomic E-state index is 0.00954. The molecule has 0 aromatic rings. The summed E-state index contributed by atoms with van der Waals surface area (Å²) in [6, 6.07) is 1.97. The monoisotopic (exact) mass is 274 g/mol. The molecule has 6 nitrogen and oxygen atoms in total. The van der Waals surface area contributed by atoms with E-state index in [2.05, 4.69) is 0 Å². The highest BCUT2D eigenvalue weighted by atomic mass is 32.2. The minimum Gasteiger partial charge on any atom is -0.481 e. The van der Waals surface area contributed by atoms with E-state index in [1.54, 1.807) is 6.92 Å². The molecule has 0 saturated carbocycles. The minimum atomic E-state index is -3.38. The average molecular weight is 274 g/mol. The maximum atomic E-state index is 12.0. The first kappa shape index (κ1) is 14.9. The van der Waals surface area contributed by atoms with Crippen molar-refractivity contribution >= 4 is 16.0 Å². The number of aliphatic carboxylic acids is 1. The fourth-order valence-corrected chi connectivity index (χ4v) is 3.63. The molecule has 1 aliphatic heterocycles. The highest BCUT2D eigenvalue weighted by Crippen LogP contribution is 2.32. The van der Waals surface area contributed by atoms with Crippen LogP contribution in [0.5, 0.6) is 0 Å². The van der Waals surface area contributed by atoms with E-state index in [9.17, 15) is 13.2 Å². The molecule has 1 rings (SSSR count). The SMILES string of the molecule is CC1(C(=O)O)CCN(S(=O)(=O)CCCCC#N)C1. The van der Waals surface area contributed by atoms with Crippen molar-refractivity contribution in [2.45, 2.75) is 32.6 Å². The van der Waals surface area contributed by atoms with Gasteiger partial charge < -0.3 is 5.11 Å². The number of nitriles is 1. The van der Waals surface area contributed by atoms with Gasteiger partial charge in [0.15, 0.2) is 0 Å². The Bertz CT molecular complexity index is 454. The van der Waals surface area contributed by atoms with Gasteiger partial charge >= 0.3 is 5.97 Å². The van der Waals surface area contributed by atoms with Gasteiger partial charge in [-0.1, -0.05) is 0 Å². The van der Waals surface area contributed by atoms with Crippen LogP contribution in [-0.4, -0.2) is 42.6 Å². The summed E-state index contributed by atoms with van der Waals surface area (Å²) < 4.78 is 25.2. The second-order valence-electron chi connectivity index (χ2n) is 4.88. The lowest BCUT2D eigenvalue weighted by atomic mass is 9.90. The molecule has 7 heteroatoms. The predicted octanol–water partition coefficient (Wildman–Crippen LogP) is 0.807. The molecule has 1 saturated heterocycles. The molecule has 1 unspecified atom stereocenters. The zero-order valence-electron chi connectivity index (χ0n) is 10.4. The van der Waals surface area contributed by atoms with Crippen molar-refractivity contribution < 1.29 is 18.3 Å². The third-order valence-electron chi connectivity index (χ3n) is 3.29. The first-order chi connectivity index (χ1) is 8.32. The van der Waals surface area contributed by atoms with Gasteiger partial charge in [0.25, 0.3) is 0 Å². The topological polar surface area (TPSA) is 98.5 Å². The van der Waals surface area contributed by atoms with E-state index in [0.717, 1.165) is 0 Å². The Morgan fingerprint density at radius 1 is 1.50 bits per heavy atom. The van der Waals surface area contributed by atoms with E-state index in [0.29, 0.717) is 25.7 Å². The fraction of sp³-hybridized carbons (Fsp3) is 0.818. The summed E-state index contributed by atoms with van der Waals surface area (Å²) in [4.78, 5) is 11.0. The molecular formula is C11H18N2O4S. The largest absolute Gasteiger partial charge is 0.481 e. The quantitative estimate of drug-likeness (QED) is 0.722. The molecule has 1 heterocycles. The lowest BCUT2D eigenvalue weighted by Gasteiger charge is -2.19. The molecule has 18 heavy (non-hydrogen) atoms. The Morgan fingerprint density at radius 3 is 2.67 bits per heavy atom. The first-order valence-corrected chi connectivity index (χ1v) is 7.51. The molecule has 1 atom stereocenters. The number of nitrogens with zero attached hydrogens (tertiary/aromatic N) is 2. The van der Waals surface area contributed by atoms with Gasteiger partial charge in [-0.15, -0.1) is 0 Å². The van der Waals surface area contributed by atoms with Crippen molar-refractivity contribution in [2.24, 2.45) is 5.41 Å². The number of rotatable bonds is 6. The van der Waals surface area contributed by atoms with E-state index >= 15 is 0 Å². The summed E-state index contributed by atoms with van der Waals surface area (Å²) in [5.74, 6) is -0.964. The van der Waals surface area contributed by atoms with Crippen LogP contribution in [0.1, 0.15) is 32.6 Å². The summed E-state index contributed by atoms with van der Waals surface area (Å²) in [6.45, 7) is 1.88. The molecule has 1 fully saturated rings. The van der Waals surface area contributed by atoms with Gasteiger partial charge in [-0.05, 0) is 26.2 Å². The Balaban J connectivity index is 2.56. The van der Waals surface area contributed by atoms with Crippen LogP contribution in [-0.2, 0) is 14.8 Å². The van der Waals surface area contributed by atoms with Crippen LogP contribution in [0.4, 0.5) is 0 Å². The number of carboxylic acids is 1. The number of hydrogen-bond acceptors (Lipinski definition) is 4. The summed E-state index contributed by atoms with van der Waals surface area (Å²) in [5.41, 5.74) is -0.972. The standard InChI is InChI=1S/C11H18N2O4S/c1-11(10(14)15)5-7-13(9-11)18(16,17)8-4-2-3-6-12/h2-5,7-9H2,1H3,(H,14,15). The summed E-state index contributed by atoms with van der Waals surface area (Å²) in [6.07, 6.45) is 1.69. The smallest absolute Gasteiger partial charge is 0.310 e. The third kappa shape index (κ3) is 3.43. The third-order valence-corrected chi connectivity index (χ3v) is 5.19. The Morgan fingerprint density at radius 2 is 2.17 bits per heavy atom. The maximum absolute atomic E-state index is 12.0.